The quantitative estimate of drug-likeness (QED) is 0.268. The maximum Gasteiger partial charge on any atom is 0.260 e. The van der Waals surface area contributed by atoms with E-state index in [0.717, 1.165) is 15.8 Å². The number of anilines is 1. The van der Waals surface area contributed by atoms with E-state index in [9.17, 15) is 13.2 Å². The number of hydrogen-bond donors (Lipinski definition) is 0. The molecule has 0 spiro atoms. The van der Waals surface area contributed by atoms with Crippen molar-refractivity contribution < 1.29 is 17.6 Å². The molecule has 0 aliphatic carbocycles. The van der Waals surface area contributed by atoms with Crippen LogP contribution in [0.4, 0.5) is 5.13 Å². The van der Waals surface area contributed by atoms with Gasteiger partial charge in [0, 0.05) is 18.7 Å². The molecule has 0 aliphatic heterocycles. The van der Waals surface area contributed by atoms with Crippen LogP contribution in [-0.2, 0) is 16.6 Å². The predicted octanol–water partition coefficient (Wildman–Crippen LogP) is 5.41. The van der Waals surface area contributed by atoms with Gasteiger partial charge in [0.15, 0.2) is 5.13 Å². The molecule has 7 nitrogen and oxygen atoms in total. The van der Waals surface area contributed by atoms with Crippen molar-refractivity contribution in [2.75, 3.05) is 18.0 Å². The van der Waals surface area contributed by atoms with E-state index in [0.29, 0.717) is 16.5 Å². The van der Waals surface area contributed by atoms with Crippen molar-refractivity contribution >= 4 is 42.6 Å². The van der Waals surface area contributed by atoms with Crippen LogP contribution in [0.2, 0.25) is 0 Å². The Morgan fingerprint density at radius 2 is 1.80 bits per heavy atom. The number of thiazole rings is 1. The number of rotatable bonds is 10. The second-order valence-corrected chi connectivity index (χ2v) is 10.8. The van der Waals surface area contributed by atoms with Crippen molar-refractivity contribution in [1.29, 1.82) is 0 Å². The van der Waals surface area contributed by atoms with Crippen molar-refractivity contribution in [3.8, 4) is 0 Å². The SMILES string of the molecule is C=CCN(CC=C)S(=O)(=O)c1ccc(C(=O)N(Cc2ccco2)c2nc3ccc(C)cc3s2)cc1. The minimum Gasteiger partial charge on any atom is -0.467 e. The number of benzene rings is 2. The van der Waals surface area contributed by atoms with Crippen LogP contribution in [0.25, 0.3) is 10.2 Å². The fraction of sp³-hybridized carbons (Fsp3) is 0.154. The van der Waals surface area contributed by atoms with Gasteiger partial charge in [0.2, 0.25) is 10.0 Å². The molecule has 0 aliphatic rings. The molecule has 2 aromatic carbocycles. The highest BCUT2D eigenvalue weighted by molar-refractivity contribution is 7.89. The summed E-state index contributed by atoms with van der Waals surface area (Å²) in [6, 6.07) is 15.4. The van der Waals surface area contributed by atoms with Crippen molar-refractivity contribution in [1.82, 2.24) is 9.29 Å². The third-order valence-electron chi connectivity index (χ3n) is 5.31. The van der Waals surface area contributed by atoms with Crippen molar-refractivity contribution in [2.45, 2.75) is 18.4 Å². The number of hydrogen-bond acceptors (Lipinski definition) is 6. The molecule has 180 valence electrons. The number of amides is 1. The minimum atomic E-state index is -3.76. The van der Waals surface area contributed by atoms with Gasteiger partial charge in [-0.05, 0) is 61.0 Å². The Morgan fingerprint density at radius 3 is 2.43 bits per heavy atom. The van der Waals surface area contributed by atoms with Gasteiger partial charge in [-0.2, -0.15) is 4.31 Å². The number of fused-ring (bicyclic) bond motifs is 1. The summed E-state index contributed by atoms with van der Waals surface area (Å²) >= 11 is 1.42. The number of nitrogens with zero attached hydrogens (tertiary/aromatic N) is 3. The fourth-order valence-electron chi connectivity index (χ4n) is 3.55. The van der Waals surface area contributed by atoms with Crippen molar-refractivity contribution in [3.05, 3.63) is 103 Å². The van der Waals surface area contributed by atoms with E-state index in [4.69, 9.17) is 4.42 Å². The predicted molar refractivity (Wildman–Crippen MR) is 139 cm³/mol. The molecule has 0 atom stereocenters. The summed E-state index contributed by atoms with van der Waals surface area (Å²) in [6.07, 6.45) is 4.59. The fourth-order valence-corrected chi connectivity index (χ4v) is 6.00. The number of furan rings is 1. The molecule has 2 heterocycles. The summed E-state index contributed by atoms with van der Waals surface area (Å²) in [7, 11) is -3.76. The lowest BCUT2D eigenvalue weighted by molar-refractivity contribution is 0.0983. The Balaban J connectivity index is 1.67. The van der Waals surface area contributed by atoms with Crippen LogP contribution in [0.3, 0.4) is 0 Å². The highest BCUT2D eigenvalue weighted by Gasteiger charge is 2.25. The zero-order chi connectivity index (χ0) is 25.0. The van der Waals surface area contributed by atoms with Gasteiger partial charge >= 0.3 is 0 Å². The summed E-state index contributed by atoms with van der Waals surface area (Å²) in [5, 5.41) is 0.534. The Labute approximate surface area is 208 Å². The lowest BCUT2D eigenvalue weighted by Gasteiger charge is -2.20. The standard InChI is InChI=1S/C26H25N3O4S2/c1-4-14-28(15-5-2)35(31,32)22-11-9-20(10-12-22)25(30)29(18-21-7-6-16-33-21)26-27-23-13-8-19(3)17-24(23)34-26/h4-13,16-17H,1-2,14-15,18H2,3H3. The largest absolute Gasteiger partial charge is 0.467 e. The average molecular weight is 508 g/mol. The summed E-state index contributed by atoms with van der Waals surface area (Å²) in [5.41, 5.74) is 2.25. The monoisotopic (exact) mass is 507 g/mol. The molecule has 9 heteroatoms. The number of carbonyl (C=O) groups excluding carboxylic acids is 1. The maximum atomic E-state index is 13.6. The lowest BCUT2D eigenvalue weighted by Crippen LogP contribution is -2.32. The van der Waals surface area contributed by atoms with Gasteiger partial charge in [-0.3, -0.25) is 9.69 Å². The number of sulfonamides is 1. The van der Waals surface area contributed by atoms with Crippen molar-refractivity contribution in [2.24, 2.45) is 0 Å². The summed E-state index contributed by atoms with van der Waals surface area (Å²) in [6.45, 7) is 9.75. The molecule has 0 saturated heterocycles. The third-order valence-corrected chi connectivity index (χ3v) is 8.19. The van der Waals surface area contributed by atoms with Crippen LogP contribution in [0.1, 0.15) is 21.7 Å². The molecule has 0 unspecified atom stereocenters. The molecule has 35 heavy (non-hydrogen) atoms. The molecule has 1 amide bonds. The summed E-state index contributed by atoms with van der Waals surface area (Å²) in [4.78, 5) is 19.9. The second kappa shape index (κ2) is 10.4. The molecule has 0 radical (unpaired) electrons. The van der Waals surface area contributed by atoms with E-state index >= 15 is 0 Å². The van der Waals surface area contributed by atoms with Crippen LogP contribution in [0.15, 0.2) is 95.5 Å². The first kappa shape index (κ1) is 24.6. The van der Waals surface area contributed by atoms with Crippen LogP contribution >= 0.6 is 11.3 Å². The normalized spacial score (nSPS) is 11.6. The first-order valence-corrected chi connectivity index (χ1v) is 13.1. The van der Waals surface area contributed by atoms with Gasteiger partial charge < -0.3 is 4.42 Å². The van der Waals surface area contributed by atoms with Gasteiger partial charge in [0.1, 0.15) is 5.76 Å². The number of aromatic nitrogens is 1. The van der Waals surface area contributed by atoms with Crippen LogP contribution in [0.5, 0.6) is 0 Å². The Hall–Kier alpha value is -3.53. The average Bonchev–Trinajstić information content (AvgIpc) is 3.51. The van der Waals surface area contributed by atoms with Gasteiger partial charge in [0.25, 0.3) is 5.91 Å². The van der Waals surface area contributed by atoms with Crippen LogP contribution in [0, 0.1) is 6.92 Å². The van der Waals surface area contributed by atoms with Gasteiger partial charge in [-0.15, -0.1) is 13.2 Å². The number of carbonyl (C=O) groups is 1. The van der Waals surface area contributed by atoms with Gasteiger partial charge in [-0.1, -0.05) is 29.6 Å². The number of aryl methyl sites for hydroxylation is 1. The molecule has 0 bridgehead atoms. The molecule has 4 aromatic rings. The highest BCUT2D eigenvalue weighted by Crippen LogP contribution is 2.31. The van der Waals surface area contributed by atoms with E-state index in [2.05, 4.69) is 18.1 Å². The molecule has 2 aromatic heterocycles. The topological polar surface area (TPSA) is 83.7 Å². The van der Waals surface area contributed by atoms with E-state index in [1.807, 2.05) is 25.1 Å². The summed E-state index contributed by atoms with van der Waals surface area (Å²) in [5.74, 6) is 0.299. The zero-order valence-corrected chi connectivity index (χ0v) is 20.9. The molecule has 0 N–H and O–H groups in total. The lowest BCUT2D eigenvalue weighted by atomic mass is 10.2. The Bertz CT molecular complexity index is 1450. The van der Waals surface area contributed by atoms with Gasteiger partial charge in [-0.25, -0.2) is 13.4 Å². The van der Waals surface area contributed by atoms with Crippen LogP contribution in [-0.4, -0.2) is 36.7 Å². The Morgan fingerprint density at radius 1 is 1.09 bits per heavy atom. The first-order chi connectivity index (χ1) is 16.8. The molecular weight excluding hydrogens is 482 g/mol. The van der Waals surface area contributed by atoms with Gasteiger partial charge in [0.05, 0.1) is 27.9 Å². The van der Waals surface area contributed by atoms with E-state index in [-0.39, 0.29) is 30.4 Å². The van der Waals surface area contributed by atoms with Crippen molar-refractivity contribution in [3.63, 3.8) is 0 Å². The summed E-state index contributed by atoms with van der Waals surface area (Å²) < 4.78 is 33.7. The molecular formula is C26H25N3O4S2. The van der Waals surface area contributed by atoms with Crippen LogP contribution < -0.4 is 4.90 Å². The second-order valence-electron chi connectivity index (χ2n) is 7.86. The maximum absolute atomic E-state index is 13.6. The molecule has 0 fully saturated rings. The van der Waals surface area contributed by atoms with E-state index in [1.165, 1.54) is 52.1 Å². The van der Waals surface area contributed by atoms with E-state index < -0.39 is 10.0 Å². The van der Waals surface area contributed by atoms with E-state index in [1.54, 1.807) is 23.3 Å². The molecule has 0 saturated carbocycles. The zero-order valence-electron chi connectivity index (χ0n) is 19.3. The molecule has 4 rings (SSSR count). The minimum absolute atomic E-state index is 0.0887. The third kappa shape index (κ3) is 5.27. The first-order valence-electron chi connectivity index (χ1n) is 10.9. The highest BCUT2D eigenvalue weighted by atomic mass is 32.2. The smallest absolute Gasteiger partial charge is 0.260 e. The Kier molecular flexibility index (Phi) is 7.30.